The highest BCUT2D eigenvalue weighted by Crippen LogP contribution is 2.50. The lowest BCUT2D eigenvalue weighted by molar-refractivity contribution is -0.384. The van der Waals surface area contributed by atoms with Crippen LogP contribution in [0.15, 0.2) is 54.6 Å². The number of amides is 4. The zero-order chi connectivity index (χ0) is 31.8. The summed E-state index contributed by atoms with van der Waals surface area (Å²) >= 11 is 1.29. The number of likely N-dealkylation sites (tertiary alicyclic amines) is 1. The Hall–Kier alpha value is -4.66. The molecule has 3 aliphatic rings. The lowest BCUT2D eigenvalue weighted by Gasteiger charge is -2.44. The minimum absolute atomic E-state index is 0.0948. The van der Waals surface area contributed by atoms with Crippen LogP contribution in [0.1, 0.15) is 43.9 Å². The molecular weight excluding hydrogens is 594 g/mol. The Balaban J connectivity index is 1.25. The monoisotopic (exact) mass is 625 g/mol. The van der Waals surface area contributed by atoms with Crippen LogP contribution in [0.5, 0.6) is 0 Å². The molecular formula is C29H31N5O9S. The van der Waals surface area contributed by atoms with Crippen molar-refractivity contribution in [3.8, 4) is 0 Å². The fourth-order valence-corrected chi connectivity index (χ4v) is 7.39. The van der Waals surface area contributed by atoms with Crippen LogP contribution in [0.25, 0.3) is 0 Å². The SMILES string of the molecule is CC1(C)S[C@@H]2C(NC(=O)C(NC(=O)C3CCCN3C(=O)OCc3ccc([N+](=O)[O-])cc3)c3ccccc3)C(=O)N2[C@H]1C(=O)O. The molecule has 15 heteroatoms. The Morgan fingerprint density at radius 2 is 1.82 bits per heavy atom. The van der Waals surface area contributed by atoms with Gasteiger partial charge in [0.25, 0.3) is 5.69 Å². The fourth-order valence-electron chi connectivity index (χ4n) is 5.77. The van der Waals surface area contributed by atoms with E-state index >= 15 is 0 Å². The standard InChI is InChI=1S/C29H31N5O9S/c1-29(2)22(27(38)39)33-25(37)21(26(33)44-29)31-24(36)20(17-7-4-3-5-8-17)30-23(35)19-9-6-14-32(19)28(40)43-15-16-10-12-18(13-11-16)34(41)42/h3-5,7-8,10-13,19-22,26H,6,9,14-15H2,1-2H3,(H,30,35)(H,31,36)(H,38,39)/t19?,20?,21?,22-,26+/m0/s1. The van der Waals surface area contributed by atoms with E-state index in [9.17, 15) is 39.2 Å². The molecule has 0 saturated carbocycles. The number of rotatable bonds is 9. The maximum Gasteiger partial charge on any atom is 0.410 e. The topological polar surface area (TPSA) is 188 Å². The molecule has 0 bridgehead atoms. The van der Waals surface area contributed by atoms with E-state index in [2.05, 4.69) is 10.6 Å². The molecule has 3 heterocycles. The number of carbonyl (C=O) groups is 5. The number of nitrogens with one attached hydrogen (secondary N) is 2. The molecule has 14 nitrogen and oxygen atoms in total. The van der Waals surface area contributed by atoms with Crippen LogP contribution in [-0.4, -0.2) is 84.4 Å². The third-order valence-corrected chi connectivity index (χ3v) is 9.53. The van der Waals surface area contributed by atoms with E-state index in [0.717, 1.165) is 0 Å². The molecule has 3 saturated heterocycles. The quantitative estimate of drug-likeness (QED) is 0.212. The summed E-state index contributed by atoms with van der Waals surface area (Å²) in [6.45, 7) is 3.57. The number of hydrogen-bond acceptors (Lipinski definition) is 9. The molecule has 5 atom stereocenters. The summed E-state index contributed by atoms with van der Waals surface area (Å²) in [7, 11) is 0. The fraction of sp³-hybridized carbons (Fsp3) is 0.414. The molecule has 2 aromatic rings. The lowest BCUT2D eigenvalue weighted by atomic mass is 9.95. The molecule has 4 amide bonds. The van der Waals surface area contributed by atoms with Gasteiger partial charge in [0.1, 0.15) is 36.1 Å². The van der Waals surface area contributed by atoms with Crippen molar-refractivity contribution in [1.82, 2.24) is 20.4 Å². The first-order chi connectivity index (χ1) is 20.9. The Morgan fingerprint density at radius 1 is 1.14 bits per heavy atom. The second kappa shape index (κ2) is 12.1. The second-order valence-electron chi connectivity index (χ2n) is 11.3. The number of carboxylic acids is 1. The number of nitro groups is 1. The molecule has 0 aromatic heterocycles. The maximum atomic E-state index is 13.6. The maximum absolute atomic E-state index is 13.6. The van der Waals surface area contributed by atoms with Gasteiger partial charge in [-0.1, -0.05) is 30.3 Å². The van der Waals surface area contributed by atoms with Crippen molar-refractivity contribution in [2.45, 2.75) is 67.6 Å². The first-order valence-corrected chi connectivity index (χ1v) is 14.8. The van der Waals surface area contributed by atoms with Crippen molar-refractivity contribution in [2.75, 3.05) is 6.54 Å². The van der Waals surface area contributed by atoms with Gasteiger partial charge in [-0.2, -0.15) is 0 Å². The molecule has 3 unspecified atom stereocenters. The Bertz CT molecular complexity index is 1490. The van der Waals surface area contributed by atoms with Crippen molar-refractivity contribution in [3.63, 3.8) is 0 Å². The zero-order valence-electron chi connectivity index (χ0n) is 23.9. The van der Waals surface area contributed by atoms with Crippen molar-refractivity contribution < 1.29 is 38.7 Å². The molecule has 232 valence electrons. The van der Waals surface area contributed by atoms with Crippen LogP contribution in [0.4, 0.5) is 10.5 Å². The number of nitro benzene ring substituents is 1. The van der Waals surface area contributed by atoms with Gasteiger partial charge in [-0.05, 0) is 49.9 Å². The molecule has 5 rings (SSSR count). The van der Waals surface area contributed by atoms with Gasteiger partial charge in [0.2, 0.25) is 17.7 Å². The van der Waals surface area contributed by atoms with Crippen LogP contribution in [0.2, 0.25) is 0 Å². The first kappa shape index (κ1) is 30.8. The number of fused-ring (bicyclic) bond motifs is 1. The molecule has 2 aromatic carbocycles. The molecule has 0 spiro atoms. The second-order valence-corrected chi connectivity index (χ2v) is 13.0. The molecule has 3 aliphatic heterocycles. The number of ether oxygens (including phenoxy) is 1. The zero-order valence-corrected chi connectivity index (χ0v) is 24.7. The first-order valence-electron chi connectivity index (χ1n) is 13.9. The van der Waals surface area contributed by atoms with Crippen molar-refractivity contribution >= 4 is 47.2 Å². The number of non-ortho nitro benzene ring substituents is 1. The van der Waals surface area contributed by atoms with Crippen LogP contribution in [-0.2, 0) is 30.5 Å². The highest BCUT2D eigenvalue weighted by Gasteiger charge is 2.64. The van der Waals surface area contributed by atoms with Gasteiger partial charge in [0.05, 0.1) is 4.92 Å². The van der Waals surface area contributed by atoms with Gasteiger partial charge in [-0.3, -0.25) is 29.4 Å². The number of β-lactam (4-membered cyclic amide) rings is 1. The number of carbonyl (C=O) groups excluding carboxylic acids is 4. The number of hydrogen-bond donors (Lipinski definition) is 3. The average Bonchev–Trinajstić information content (AvgIpc) is 3.59. The number of carboxylic acid groups (broad SMARTS) is 1. The number of benzene rings is 2. The molecule has 3 fully saturated rings. The van der Waals surface area contributed by atoms with Gasteiger partial charge in [-0.15, -0.1) is 11.8 Å². The highest BCUT2D eigenvalue weighted by atomic mass is 32.2. The van der Waals surface area contributed by atoms with Gasteiger partial charge >= 0.3 is 12.1 Å². The largest absolute Gasteiger partial charge is 0.480 e. The van der Waals surface area contributed by atoms with Gasteiger partial charge in [-0.25, -0.2) is 9.59 Å². The summed E-state index contributed by atoms with van der Waals surface area (Å²) in [5.74, 6) is -2.86. The van der Waals surface area contributed by atoms with Gasteiger partial charge in [0.15, 0.2) is 0 Å². The summed E-state index contributed by atoms with van der Waals surface area (Å²) in [6.07, 6.45) is 0.122. The third kappa shape index (κ3) is 5.91. The van der Waals surface area contributed by atoms with E-state index in [4.69, 9.17) is 4.74 Å². The van der Waals surface area contributed by atoms with E-state index in [1.54, 1.807) is 44.2 Å². The number of thioether (sulfide) groups is 1. The Labute approximate surface area is 256 Å². The van der Waals surface area contributed by atoms with Crippen LogP contribution >= 0.6 is 11.8 Å². The summed E-state index contributed by atoms with van der Waals surface area (Å²) in [4.78, 5) is 77.7. The highest BCUT2D eigenvalue weighted by molar-refractivity contribution is 8.01. The van der Waals surface area contributed by atoms with Crippen LogP contribution in [0.3, 0.4) is 0 Å². The predicted octanol–water partition coefficient (Wildman–Crippen LogP) is 2.19. The average molecular weight is 626 g/mol. The third-order valence-electron chi connectivity index (χ3n) is 7.95. The van der Waals surface area contributed by atoms with Crippen LogP contribution in [0, 0.1) is 10.1 Å². The molecule has 0 radical (unpaired) electrons. The van der Waals surface area contributed by atoms with Crippen molar-refractivity contribution in [1.29, 1.82) is 0 Å². The molecule has 44 heavy (non-hydrogen) atoms. The summed E-state index contributed by atoms with van der Waals surface area (Å²) in [5.41, 5.74) is 0.894. The number of nitrogens with zero attached hydrogens (tertiary/aromatic N) is 3. The smallest absolute Gasteiger partial charge is 0.410 e. The minimum Gasteiger partial charge on any atom is -0.480 e. The van der Waals surface area contributed by atoms with E-state index in [1.165, 1.54) is 45.8 Å². The molecule has 0 aliphatic carbocycles. The molecule has 3 N–H and O–H groups in total. The summed E-state index contributed by atoms with van der Waals surface area (Å²) in [6, 6.07) is 9.89. The minimum atomic E-state index is -1.20. The van der Waals surface area contributed by atoms with E-state index in [-0.39, 0.29) is 18.8 Å². The van der Waals surface area contributed by atoms with Gasteiger partial charge < -0.3 is 25.4 Å². The number of aliphatic carboxylic acids is 1. The van der Waals surface area contributed by atoms with Crippen molar-refractivity contribution in [3.05, 3.63) is 75.8 Å². The van der Waals surface area contributed by atoms with Crippen LogP contribution < -0.4 is 10.6 Å². The summed E-state index contributed by atoms with van der Waals surface area (Å²) in [5, 5.41) is 25.4. The Kier molecular flexibility index (Phi) is 8.50. The van der Waals surface area contributed by atoms with Crippen molar-refractivity contribution in [2.24, 2.45) is 0 Å². The Morgan fingerprint density at radius 3 is 2.45 bits per heavy atom. The summed E-state index contributed by atoms with van der Waals surface area (Å²) < 4.78 is 4.60. The van der Waals surface area contributed by atoms with E-state index < -0.39 is 69.0 Å². The van der Waals surface area contributed by atoms with Gasteiger partial charge in [0, 0.05) is 23.4 Å². The van der Waals surface area contributed by atoms with E-state index in [1.807, 2.05) is 0 Å². The predicted molar refractivity (Wildman–Crippen MR) is 156 cm³/mol. The van der Waals surface area contributed by atoms with E-state index in [0.29, 0.717) is 24.0 Å². The lowest BCUT2D eigenvalue weighted by Crippen LogP contribution is -2.71. The normalized spacial score (nSPS) is 24.1.